The van der Waals surface area contributed by atoms with Crippen molar-refractivity contribution < 1.29 is 32.5 Å². The van der Waals surface area contributed by atoms with Gasteiger partial charge in [0.1, 0.15) is 12.4 Å². The van der Waals surface area contributed by atoms with Crippen LogP contribution in [0, 0.1) is 5.92 Å². The Hall–Kier alpha value is -3.83. The smallest absolute Gasteiger partial charge is 0.490 e. The van der Waals surface area contributed by atoms with Gasteiger partial charge in [-0.3, -0.25) is 9.69 Å². The Kier molecular flexibility index (Phi) is 8.93. The number of aromatic nitrogens is 2. The summed E-state index contributed by atoms with van der Waals surface area (Å²) in [6.07, 6.45) is -2.61. The van der Waals surface area contributed by atoms with Crippen LogP contribution in [0.25, 0.3) is 33.1 Å². The average Bonchev–Trinajstić information content (AvgIpc) is 3.32. The van der Waals surface area contributed by atoms with Gasteiger partial charge in [-0.05, 0) is 67.1 Å². The molecule has 1 unspecified atom stereocenters. The number of H-pyrrole nitrogens is 2. The standard InChI is InChI=1S/C26H29N3O3.C2HF3O2/c1-31-17-18-5-4-10-29(16-18)11-12-32-21-8-9-24-20(13-21)15-25(27-24)22-14-19-6-2-3-7-23(19)28-26(22)30;3-2(4,5)1(6)7/h2-3,6-9,13-15,18,27H,4-5,10-12,16-17H2,1H3,(H,28,30);(H,6,7). The highest BCUT2D eigenvalue weighted by Gasteiger charge is 2.38. The van der Waals surface area contributed by atoms with Crippen LogP contribution in [0.5, 0.6) is 5.75 Å². The Labute approximate surface area is 222 Å². The van der Waals surface area contributed by atoms with Crippen LogP contribution in [0.1, 0.15) is 12.8 Å². The van der Waals surface area contributed by atoms with E-state index in [1.165, 1.54) is 12.8 Å². The van der Waals surface area contributed by atoms with Crippen molar-refractivity contribution in [3.05, 3.63) is 65.0 Å². The van der Waals surface area contributed by atoms with Gasteiger partial charge >= 0.3 is 12.1 Å². The summed E-state index contributed by atoms with van der Waals surface area (Å²) in [6.45, 7) is 4.63. The molecule has 3 N–H and O–H groups in total. The summed E-state index contributed by atoms with van der Waals surface area (Å²) < 4.78 is 43.1. The quantitative estimate of drug-likeness (QED) is 0.300. The van der Waals surface area contributed by atoms with E-state index in [9.17, 15) is 18.0 Å². The monoisotopic (exact) mass is 545 g/mol. The lowest BCUT2D eigenvalue weighted by Crippen LogP contribution is -2.39. The minimum absolute atomic E-state index is 0.0972. The minimum atomic E-state index is -5.08. The number of hydrogen-bond donors (Lipinski definition) is 3. The first-order valence-corrected chi connectivity index (χ1v) is 12.5. The van der Waals surface area contributed by atoms with Gasteiger partial charge in [0.25, 0.3) is 5.56 Å². The van der Waals surface area contributed by atoms with E-state index in [0.717, 1.165) is 59.5 Å². The summed E-state index contributed by atoms with van der Waals surface area (Å²) in [5, 5.41) is 9.17. The van der Waals surface area contributed by atoms with Crippen LogP contribution < -0.4 is 10.3 Å². The molecule has 1 aliphatic heterocycles. The van der Waals surface area contributed by atoms with Crippen LogP contribution in [-0.4, -0.2) is 72.1 Å². The highest BCUT2D eigenvalue weighted by Crippen LogP contribution is 2.27. The number of benzene rings is 2. The highest BCUT2D eigenvalue weighted by molar-refractivity contribution is 5.89. The third-order valence-electron chi connectivity index (χ3n) is 6.56. The number of fused-ring (bicyclic) bond motifs is 2. The Balaban J connectivity index is 0.000000448. The van der Waals surface area contributed by atoms with Gasteiger partial charge in [-0.2, -0.15) is 13.2 Å². The minimum Gasteiger partial charge on any atom is -0.492 e. The zero-order valence-corrected chi connectivity index (χ0v) is 21.4. The number of ether oxygens (including phenoxy) is 2. The topological polar surface area (TPSA) is 108 Å². The predicted molar refractivity (Wildman–Crippen MR) is 142 cm³/mol. The van der Waals surface area contributed by atoms with Crippen molar-refractivity contribution in [1.82, 2.24) is 14.9 Å². The molecule has 0 aliphatic carbocycles. The van der Waals surface area contributed by atoms with Crippen LogP contribution in [-0.2, 0) is 9.53 Å². The number of alkyl halides is 3. The number of aromatic amines is 2. The molecule has 1 saturated heterocycles. The molecule has 1 atom stereocenters. The highest BCUT2D eigenvalue weighted by atomic mass is 19.4. The second kappa shape index (κ2) is 12.4. The number of carboxylic acid groups (broad SMARTS) is 1. The van der Waals surface area contributed by atoms with Crippen LogP contribution in [0.3, 0.4) is 0 Å². The molecule has 0 radical (unpaired) electrons. The second-order valence-corrected chi connectivity index (χ2v) is 9.45. The predicted octanol–water partition coefficient (Wildman–Crippen LogP) is 5.05. The fourth-order valence-electron chi connectivity index (χ4n) is 4.71. The summed E-state index contributed by atoms with van der Waals surface area (Å²) in [5.41, 5.74) is 3.17. The number of likely N-dealkylation sites (tertiary alicyclic amines) is 1. The molecule has 208 valence electrons. The number of aliphatic carboxylic acids is 1. The first-order valence-electron chi connectivity index (χ1n) is 12.5. The lowest BCUT2D eigenvalue weighted by Gasteiger charge is -2.32. The fourth-order valence-corrected chi connectivity index (χ4v) is 4.71. The molecule has 2 aromatic heterocycles. The molecule has 0 spiro atoms. The number of carbonyl (C=O) groups is 1. The van der Waals surface area contributed by atoms with Gasteiger partial charge in [-0.25, -0.2) is 4.79 Å². The van der Waals surface area contributed by atoms with E-state index < -0.39 is 12.1 Å². The Morgan fingerprint density at radius 3 is 2.56 bits per heavy atom. The number of para-hydroxylation sites is 1. The molecule has 0 saturated carbocycles. The van der Waals surface area contributed by atoms with Crippen molar-refractivity contribution in [1.29, 1.82) is 0 Å². The molecule has 0 bridgehead atoms. The summed E-state index contributed by atoms with van der Waals surface area (Å²) in [4.78, 5) is 30.3. The number of nitrogens with zero attached hydrogens (tertiary/aromatic N) is 1. The molecule has 39 heavy (non-hydrogen) atoms. The summed E-state index contributed by atoms with van der Waals surface area (Å²) in [7, 11) is 1.78. The third-order valence-corrected chi connectivity index (χ3v) is 6.56. The van der Waals surface area contributed by atoms with Gasteiger partial charge in [0.15, 0.2) is 0 Å². The zero-order chi connectivity index (χ0) is 28.0. The van der Waals surface area contributed by atoms with Gasteiger partial charge in [0, 0.05) is 36.6 Å². The third kappa shape index (κ3) is 7.39. The van der Waals surface area contributed by atoms with Gasteiger partial charge in [-0.1, -0.05) is 18.2 Å². The van der Waals surface area contributed by atoms with E-state index in [0.29, 0.717) is 18.1 Å². The largest absolute Gasteiger partial charge is 0.492 e. The molecular formula is C28H30F3N3O5. The van der Waals surface area contributed by atoms with Crippen LogP contribution in [0.2, 0.25) is 0 Å². The molecule has 4 aromatic rings. The number of nitrogens with one attached hydrogen (secondary N) is 2. The van der Waals surface area contributed by atoms with Gasteiger partial charge in [0.05, 0.1) is 17.9 Å². The van der Waals surface area contributed by atoms with E-state index in [4.69, 9.17) is 19.4 Å². The molecule has 0 amide bonds. The van der Waals surface area contributed by atoms with Crippen LogP contribution >= 0.6 is 0 Å². The zero-order valence-electron chi connectivity index (χ0n) is 21.4. The Morgan fingerprint density at radius 1 is 1.08 bits per heavy atom. The summed E-state index contributed by atoms with van der Waals surface area (Å²) in [5.74, 6) is -1.28. The molecule has 8 nitrogen and oxygen atoms in total. The maximum absolute atomic E-state index is 12.6. The number of pyridine rings is 1. The number of methoxy groups -OCH3 is 1. The number of halogens is 3. The molecular weight excluding hydrogens is 515 g/mol. The molecule has 1 fully saturated rings. The normalized spacial score (nSPS) is 16.2. The van der Waals surface area contributed by atoms with Crippen LogP contribution in [0.15, 0.2) is 59.4 Å². The first-order chi connectivity index (χ1) is 18.6. The number of piperidine rings is 1. The maximum Gasteiger partial charge on any atom is 0.490 e. The summed E-state index contributed by atoms with van der Waals surface area (Å²) >= 11 is 0. The van der Waals surface area contributed by atoms with Crippen molar-refractivity contribution >= 4 is 27.8 Å². The van der Waals surface area contributed by atoms with E-state index in [-0.39, 0.29) is 5.56 Å². The van der Waals surface area contributed by atoms with Crippen molar-refractivity contribution in [3.8, 4) is 17.0 Å². The molecule has 11 heteroatoms. The first kappa shape index (κ1) is 28.2. The van der Waals surface area contributed by atoms with Crippen molar-refractivity contribution in [2.45, 2.75) is 19.0 Å². The molecule has 5 rings (SSSR count). The second-order valence-electron chi connectivity index (χ2n) is 9.45. The van der Waals surface area contributed by atoms with Crippen molar-refractivity contribution in [3.63, 3.8) is 0 Å². The Bertz CT molecular complexity index is 1480. The van der Waals surface area contributed by atoms with Crippen LogP contribution in [0.4, 0.5) is 13.2 Å². The van der Waals surface area contributed by atoms with E-state index in [1.54, 1.807) is 7.11 Å². The number of hydrogen-bond acceptors (Lipinski definition) is 5. The lowest BCUT2D eigenvalue weighted by molar-refractivity contribution is -0.192. The fraction of sp³-hybridized carbons (Fsp3) is 0.357. The van der Waals surface area contributed by atoms with E-state index in [1.807, 2.05) is 54.6 Å². The lowest BCUT2D eigenvalue weighted by atomic mass is 9.99. The van der Waals surface area contributed by atoms with Gasteiger partial charge < -0.3 is 24.5 Å². The molecule has 3 heterocycles. The molecule has 1 aliphatic rings. The van der Waals surface area contributed by atoms with Gasteiger partial charge in [-0.15, -0.1) is 0 Å². The summed E-state index contributed by atoms with van der Waals surface area (Å²) in [6, 6.07) is 17.8. The van der Waals surface area contributed by atoms with Gasteiger partial charge in [0.2, 0.25) is 0 Å². The maximum atomic E-state index is 12.6. The number of carboxylic acids is 1. The van der Waals surface area contributed by atoms with E-state index >= 15 is 0 Å². The van der Waals surface area contributed by atoms with E-state index in [2.05, 4.69) is 14.9 Å². The van der Waals surface area contributed by atoms with Crippen molar-refractivity contribution in [2.24, 2.45) is 5.92 Å². The Morgan fingerprint density at radius 2 is 1.82 bits per heavy atom. The molecule has 2 aromatic carbocycles. The SMILES string of the molecule is COCC1CCCN(CCOc2ccc3[nH]c(-c4cc5ccccc5[nH]c4=O)cc3c2)C1.O=C(O)C(F)(F)F. The van der Waals surface area contributed by atoms with Crippen molar-refractivity contribution in [2.75, 3.05) is 40.0 Å². The number of rotatable bonds is 7. The average molecular weight is 546 g/mol.